The summed E-state index contributed by atoms with van der Waals surface area (Å²) >= 11 is 0. The number of hydrogen-bond donors (Lipinski definition) is 3. The smallest absolute Gasteiger partial charge is 0.255 e. The molecular weight excluding hydrogens is 383 g/mol. The van der Waals surface area contributed by atoms with Crippen LogP contribution in [0.3, 0.4) is 0 Å². The van der Waals surface area contributed by atoms with Crippen molar-refractivity contribution >= 4 is 17.7 Å². The maximum atomic E-state index is 13.7. The van der Waals surface area contributed by atoms with Crippen LogP contribution in [0.15, 0.2) is 18.2 Å². The van der Waals surface area contributed by atoms with E-state index in [0.717, 1.165) is 6.07 Å². The Kier molecular flexibility index (Phi) is 6.65. The molecule has 0 radical (unpaired) electrons. The van der Waals surface area contributed by atoms with Crippen LogP contribution < -0.4 is 21.1 Å². The van der Waals surface area contributed by atoms with E-state index in [2.05, 4.69) is 10.6 Å². The first-order valence-electron chi connectivity index (χ1n) is 9.44. The molecule has 2 aliphatic heterocycles. The third kappa shape index (κ3) is 5.01. The lowest BCUT2D eigenvalue weighted by molar-refractivity contribution is -0.138. The Balaban J connectivity index is 1.87. The number of nitrogens with two attached hydrogens (primary N) is 1. The number of ether oxygens (including phenoxy) is 2. The second-order valence-corrected chi connectivity index (χ2v) is 7.19. The van der Waals surface area contributed by atoms with Gasteiger partial charge in [-0.05, 0) is 31.0 Å². The quantitative estimate of drug-likeness (QED) is 0.614. The highest BCUT2D eigenvalue weighted by molar-refractivity contribution is 5.97. The number of hydrogen-bond acceptors (Lipinski definition) is 6. The van der Waals surface area contributed by atoms with Gasteiger partial charge >= 0.3 is 0 Å². The van der Waals surface area contributed by atoms with Gasteiger partial charge in [0.1, 0.15) is 30.8 Å². The van der Waals surface area contributed by atoms with E-state index in [1.54, 1.807) is 4.90 Å². The number of nitrogens with one attached hydrogen (secondary N) is 2. The Morgan fingerprint density at radius 1 is 1.45 bits per heavy atom. The zero-order valence-corrected chi connectivity index (χ0v) is 16.2. The average Bonchev–Trinajstić information content (AvgIpc) is 3.05. The fourth-order valence-electron chi connectivity index (χ4n) is 3.62. The zero-order valence-electron chi connectivity index (χ0n) is 16.2. The molecule has 1 aromatic carbocycles. The lowest BCUT2D eigenvalue weighted by atomic mass is 10.1. The monoisotopic (exact) mass is 408 g/mol. The van der Waals surface area contributed by atoms with Crippen LogP contribution in [-0.2, 0) is 14.3 Å². The van der Waals surface area contributed by atoms with E-state index in [-0.39, 0.29) is 55.5 Å². The lowest BCUT2D eigenvalue weighted by Crippen LogP contribution is -2.53. The molecule has 158 valence electrons. The van der Waals surface area contributed by atoms with Crippen LogP contribution in [0.4, 0.5) is 4.39 Å². The van der Waals surface area contributed by atoms with Gasteiger partial charge in [0.05, 0.1) is 11.6 Å². The molecule has 1 saturated heterocycles. The third-order valence-electron chi connectivity index (χ3n) is 4.97. The van der Waals surface area contributed by atoms with Gasteiger partial charge in [-0.2, -0.15) is 0 Å². The minimum absolute atomic E-state index is 0.0747. The molecular formula is C19H25FN4O5. The summed E-state index contributed by atoms with van der Waals surface area (Å²) in [5.74, 6) is -1.56. The van der Waals surface area contributed by atoms with Gasteiger partial charge < -0.3 is 30.7 Å². The first-order valence-corrected chi connectivity index (χ1v) is 9.44. The molecule has 3 atom stereocenters. The first-order chi connectivity index (χ1) is 13.9. The fraction of sp³-hybridized carbons (Fsp3) is 0.526. The number of benzene rings is 1. The van der Waals surface area contributed by atoms with Gasteiger partial charge in [0.15, 0.2) is 0 Å². The van der Waals surface area contributed by atoms with Gasteiger partial charge in [0, 0.05) is 26.2 Å². The SMILES string of the molecule is COCC(=O)N[C@H]1CCNC(=O)c2cc(F)ccc2OC[C@@H]2C[C@H](N)CN2C1=O. The van der Waals surface area contributed by atoms with E-state index >= 15 is 0 Å². The summed E-state index contributed by atoms with van der Waals surface area (Å²) in [5.41, 5.74) is 6.13. The Labute approximate surface area is 167 Å². The lowest BCUT2D eigenvalue weighted by Gasteiger charge is -2.30. The topological polar surface area (TPSA) is 123 Å². The molecule has 4 N–H and O–H groups in total. The maximum absolute atomic E-state index is 13.7. The number of amides is 3. The Morgan fingerprint density at radius 2 is 2.24 bits per heavy atom. The van der Waals surface area contributed by atoms with Gasteiger partial charge in [0.2, 0.25) is 11.8 Å². The summed E-state index contributed by atoms with van der Waals surface area (Å²) in [6.45, 7) is 0.355. The van der Waals surface area contributed by atoms with Crippen LogP contribution in [0.2, 0.25) is 0 Å². The minimum atomic E-state index is -0.850. The predicted octanol–water partition coefficient (Wildman–Crippen LogP) is -0.603. The largest absolute Gasteiger partial charge is 0.491 e. The minimum Gasteiger partial charge on any atom is -0.491 e. The summed E-state index contributed by atoms with van der Waals surface area (Å²) in [4.78, 5) is 39.2. The van der Waals surface area contributed by atoms with Crippen LogP contribution >= 0.6 is 0 Å². The highest BCUT2D eigenvalue weighted by Gasteiger charge is 2.38. The van der Waals surface area contributed by atoms with E-state index in [1.165, 1.54) is 19.2 Å². The highest BCUT2D eigenvalue weighted by Crippen LogP contribution is 2.24. The van der Waals surface area contributed by atoms with E-state index in [4.69, 9.17) is 15.2 Å². The molecule has 2 heterocycles. The Hall–Kier alpha value is -2.72. The van der Waals surface area contributed by atoms with E-state index in [9.17, 15) is 18.8 Å². The number of fused-ring (bicyclic) bond motifs is 2. The summed E-state index contributed by atoms with van der Waals surface area (Å²) in [5, 5.41) is 5.29. The number of carbonyl (C=O) groups excluding carboxylic acids is 3. The molecule has 29 heavy (non-hydrogen) atoms. The maximum Gasteiger partial charge on any atom is 0.255 e. The van der Waals surface area contributed by atoms with Gasteiger partial charge in [0.25, 0.3) is 5.91 Å². The number of nitrogens with zero attached hydrogens (tertiary/aromatic N) is 1. The molecule has 0 bridgehead atoms. The second kappa shape index (κ2) is 9.19. The number of rotatable bonds is 3. The summed E-state index contributed by atoms with van der Waals surface area (Å²) < 4.78 is 24.2. The molecule has 2 aliphatic rings. The Morgan fingerprint density at radius 3 is 3.00 bits per heavy atom. The van der Waals surface area contributed by atoms with Crippen molar-refractivity contribution in [1.82, 2.24) is 15.5 Å². The van der Waals surface area contributed by atoms with Crippen LogP contribution in [0.25, 0.3) is 0 Å². The van der Waals surface area contributed by atoms with E-state index < -0.39 is 23.7 Å². The summed E-state index contributed by atoms with van der Waals surface area (Å²) in [7, 11) is 1.38. The van der Waals surface area contributed by atoms with Crippen LogP contribution in [0.5, 0.6) is 5.75 Å². The van der Waals surface area contributed by atoms with E-state index in [0.29, 0.717) is 13.0 Å². The van der Waals surface area contributed by atoms with Crippen molar-refractivity contribution in [1.29, 1.82) is 0 Å². The molecule has 0 spiro atoms. The van der Waals surface area contributed by atoms with Gasteiger partial charge in [-0.15, -0.1) is 0 Å². The van der Waals surface area contributed by atoms with Gasteiger partial charge in [-0.25, -0.2) is 4.39 Å². The van der Waals surface area contributed by atoms with Crippen molar-refractivity contribution < 1.29 is 28.2 Å². The van der Waals surface area contributed by atoms with Crippen molar-refractivity contribution in [3.63, 3.8) is 0 Å². The summed E-state index contributed by atoms with van der Waals surface area (Å²) in [6.07, 6.45) is 0.692. The van der Waals surface area contributed by atoms with Crippen LogP contribution in [0.1, 0.15) is 23.2 Å². The molecule has 0 aromatic heterocycles. The van der Waals surface area contributed by atoms with Gasteiger partial charge in [-0.1, -0.05) is 0 Å². The number of methoxy groups -OCH3 is 1. The van der Waals surface area contributed by atoms with Crippen molar-refractivity contribution in [3.8, 4) is 5.75 Å². The van der Waals surface area contributed by atoms with Crippen molar-refractivity contribution in [3.05, 3.63) is 29.6 Å². The number of halogens is 1. The Bertz CT molecular complexity index is 790. The zero-order chi connectivity index (χ0) is 21.0. The predicted molar refractivity (Wildman–Crippen MR) is 101 cm³/mol. The average molecular weight is 408 g/mol. The second-order valence-electron chi connectivity index (χ2n) is 7.19. The third-order valence-corrected chi connectivity index (χ3v) is 4.97. The van der Waals surface area contributed by atoms with Gasteiger partial charge in [-0.3, -0.25) is 14.4 Å². The van der Waals surface area contributed by atoms with Crippen LogP contribution in [0, 0.1) is 5.82 Å². The molecule has 0 aliphatic carbocycles. The first kappa shape index (κ1) is 21.0. The van der Waals surface area contributed by atoms with Crippen molar-refractivity contribution in [2.45, 2.75) is 31.0 Å². The standard InChI is InChI=1S/C19H25FN4O5/c1-28-10-17(25)23-15-4-5-22-18(26)14-6-11(20)2-3-16(14)29-9-13-7-12(21)8-24(13)19(15)27/h2-3,6,12-13,15H,4-5,7-10,21H2,1H3,(H,22,26)(H,23,25)/t12-,13-,15-/m0/s1. The molecule has 3 amide bonds. The van der Waals surface area contributed by atoms with Crippen molar-refractivity contribution in [2.24, 2.45) is 5.73 Å². The fourth-order valence-corrected chi connectivity index (χ4v) is 3.62. The van der Waals surface area contributed by atoms with Crippen molar-refractivity contribution in [2.75, 3.05) is 33.4 Å². The molecule has 9 nitrogen and oxygen atoms in total. The normalized spacial score (nSPS) is 25.1. The highest BCUT2D eigenvalue weighted by atomic mass is 19.1. The molecule has 0 saturated carbocycles. The summed E-state index contributed by atoms with van der Waals surface area (Å²) in [6, 6.07) is 2.32. The molecule has 3 rings (SSSR count). The molecule has 1 aromatic rings. The molecule has 0 unspecified atom stereocenters. The number of carbonyl (C=O) groups is 3. The molecule has 10 heteroatoms. The van der Waals surface area contributed by atoms with Crippen LogP contribution in [-0.4, -0.2) is 74.2 Å². The van der Waals surface area contributed by atoms with E-state index in [1.807, 2.05) is 0 Å². The molecule has 1 fully saturated rings.